The second kappa shape index (κ2) is 7.74. The smallest absolute Gasteiger partial charge is 0.275 e. The molecule has 3 aromatic rings. The third-order valence-electron chi connectivity index (χ3n) is 5.29. The molecule has 1 amide bonds. The molecule has 1 saturated heterocycles. The zero-order chi connectivity index (χ0) is 21.4. The first-order chi connectivity index (χ1) is 14.4. The van der Waals surface area contributed by atoms with Gasteiger partial charge in [0.05, 0.1) is 18.2 Å². The highest BCUT2D eigenvalue weighted by atomic mass is 19.2. The van der Waals surface area contributed by atoms with Gasteiger partial charge in [0.25, 0.3) is 11.5 Å². The minimum Gasteiger partial charge on any atom is -0.494 e. The van der Waals surface area contributed by atoms with E-state index in [1.165, 1.54) is 14.2 Å². The summed E-state index contributed by atoms with van der Waals surface area (Å²) in [4.78, 5) is 28.9. The number of amides is 1. The molecule has 0 bridgehead atoms. The van der Waals surface area contributed by atoms with Crippen molar-refractivity contribution in [1.29, 1.82) is 0 Å². The molecule has 156 valence electrons. The van der Waals surface area contributed by atoms with Crippen molar-refractivity contribution in [1.82, 2.24) is 14.7 Å². The molecule has 0 radical (unpaired) electrons. The van der Waals surface area contributed by atoms with Crippen LogP contribution in [-0.4, -0.2) is 53.9 Å². The lowest BCUT2D eigenvalue weighted by molar-refractivity contribution is 0.0740. The summed E-state index contributed by atoms with van der Waals surface area (Å²) in [6.07, 6.45) is 0. The van der Waals surface area contributed by atoms with Crippen LogP contribution >= 0.6 is 0 Å². The number of anilines is 1. The fourth-order valence-electron chi connectivity index (χ4n) is 3.69. The molecule has 1 aromatic heterocycles. The number of carbonyl (C=O) groups excluding carboxylic acids is 1. The predicted molar refractivity (Wildman–Crippen MR) is 108 cm³/mol. The second-order valence-electron chi connectivity index (χ2n) is 7.04. The van der Waals surface area contributed by atoms with Gasteiger partial charge in [0.1, 0.15) is 5.75 Å². The molecule has 1 aliphatic rings. The van der Waals surface area contributed by atoms with Crippen molar-refractivity contribution in [3.8, 4) is 5.75 Å². The number of benzene rings is 2. The van der Waals surface area contributed by atoms with E-state index in [2.05, 4.69) is 5.10 Å². The number of aromatic nitrogens is 2. The van der Waals surface area contributed by atoms with Crippen LogP contribution in [0.4, 0.5) is 14.5 Å². The number of ether oxygens (including phenoxy) is 1. The van der Waals surface area contributed by atoms with Crippen molar-refractivity contribution in [2.24, 2.45) is 7.05 Å². The molecular formula is C21H20F2N4O3. The largest absolute Gasteiger partial charge is 0.494 e. The molecule has 4 rings (SSSR count). The number of rotatable bonds is 3. The van der Waals surface area contributed by atoms with Crippen LogP contribution in [0.15, 0.2) is 41.2 Å². The lowest BCUT2D eigenvalue weighted by Gasteiger charge is -2.36. The van der Waals surface area contributed by atoms with Crippen molar-refractivity contribution in [3.05, 3.63) is 64.1 Å². The molecule has 2 heterocycles. The van der Waals surface area contributed by atoms with Gasteiger partial charge in [-0.15, -0.1) is 0 Å². The standard InChI is InChI=1S/C21H20F2N4O3/c1-25-20(28)14-6-4-3-5-13(14)19(24-25)21(29)27-9-7-26(8-10-27)17-11-15(22)16(23)12-18(17)30-2/h3-6,11-12H,7-10H2,1-2H3. The van der Waals surface area contributed by atoms with Gasteiger partial charge in [-0.05, 0) is 6.07 Å². The lowest BCUT2D eigenvalue weighted by atomic mass is 10.1. The number of carbonyl (C=O) groups is 1. The topological polar surface area (TPSA) is 67.7 Å². The molecular weight excluding hydrogens is 394 g/mol. The number of piperazine rings is 1. The summed E-state index contributed by atoms with van der Waals surface area (Å²) in [6.45, 7) is 1.55. The fourth-order valence-corrected chi connectivity index (χ4v) is 3.69. The van der Waals surface area contributed by atoms with Gasteiger partial charge in [0.2, 0.25) is 0 Å². The Kier molecular flexibility index (Phi) is 5.11. The van der Waals surface area contributed by atoms with E-state index in [4.69, 9.17) is 4.74 Å². The number of hydrogen-bond donors (Lipinski definition) is 0. The molecule has 1 fully saturated rings. The minimum atomic E-state index is -0.975. The van der Waals surface area contributed by atoms with Crippen molar-refractivity contribution >= 4 is 22.4 Å². The molecule has 0 atom stereocenters. The minimum absolute atomic E-state index is 0.214. The summed E-state index contributed by atoms with van der Waals surface area (Å²) in [7, 11) is 2.91. The Hall–Kier alpha value is -3.49. The SMILES string of the molecule is COc1cc(F)c(F)cc1N1CCN(C(=O)c2nn(C)c(=O)c3ccccc23)CC1. The fraction of sp³-hybridized carbons (Fsp3) is 0.286. The van der Waals surface area contributed by atoms with Crippen molar-refractivity contribution in [2.75, 3.05) is 38.2 Å². The van der Waals surface area contributed by atoms with Gasteiger partial charge in [-0.3, -0.25) is 9.59 Å². The summed E-state index contributed by atoms with van der Waals surface area (Å²) in [5.74, 6) is -1.97. The molecule has 9 heteroatoms. The van der Waals surface area contributed by atoms with Gasteiger partial charge in [-0.2, -0.15) is 5.10 Å². The van der Waals surface area contributed by atoms with Crippen LogP contribution in [0.5, 0.6) is 5.75 Å². The summed E-state index contributed by atoms with van der Waals surface area (Å²) < 4.78 is 33.6. The Labute approximate surface area is 171 Å². The first kappa shape index (κ1) is 19.8. The van der Waals surface area contributed by atoms with E-state index in [0.29, 0.717) is 42.6 Å². The van der Waals surface area contributed by atoms with Crippen molar-refractivity contribution in [3.63, 3.8) is 0 Å². The van der Waals surface area contributed by atoms with Gasteiger partial charge in [-0.25, -0.2) is 13.5 Å². The summed E-state index contributed by atoms with van der Waals surface area (Å²) >= 11 is 0. The average molecular weight is 414 g/mol. The normalized spacial score (nSPS) is 14.3. The van der Waals surface area contributed by atoms with Gasteiger partial charge in [-0.1, -0.05) is 18.2 Å². The van der Waals surface area contributed by atoms with E-state index in [-0.39, 0.29) is 22.9 Å². The van der Waals surface area contributed by atoms with E-state index in [1.807, 2.05) is 4.90 Å². The number of aryl methyl sites for hydroxylation is 1. The quantitative estimate of drug-likeness (QED) is 0.657. The first-order valence-corrected chi connectivity index (χ1v) is 9.44. The van der Waals surface area contributed by atoms with Crippen LogP contribution in [0.2, 0.25) is 0 Å². The summed E-state index contributed by atoms with van der Waals surface area (Å²) in [5.41, 5.74) is 0.387. The van der Waals surface area contributed by atoms with Gasteiger partial charge in [0, 0.05) is 50.7 Å². The van der Waals surface area contributed by atoms with E-state index in [1.54, 1.807) is 29.2 Å². The van der Waals surface area contributed by atoms with Gasteiger partial charge >= 0.3 is 0 Å². The number of hydrogen-bond acceptors (Lipinski definition) is 5. The zero-order valence-electron chi connectivity index (χ0n) is 16.6. The van der Waals surface area contributed by atoms with E-state index in [9.17, 15) is 18.4 Å². The van der Waals surface area contributed by atoms with Crippen LogP contribution < -0.4 is 15.2 Å². The van der Waals surface area contributed by atoms with E-state index in [0.717, 1.165) is 16.8 Å². The number of nitrogens with zero attached hydrogens (tertiary/aromatic N) is 4. The summed E-state index contributed by atoms with van der Waals surface area (Å²) in [6, 6.07) is 9.00. The molecule has 2 aromatic carbocycles. The Morgan fingerprint density at radius 3 is 2.33 bits per heavy atom. The number of methoxy groups -OCH3 is 1. The third-order valence-corrected chi connectivity index (χ3v) is 5.29. The van der Waals surface area contributed by atoms with Gasteiger partial charge in [0.15, 0.2) is 17.3 Å². The van der Waals surface area contributed by atoms with Crippen LogP contribution in [0.25, 0.3) is 10.8 Å². The third kappa shape index (κ3) is 3.36. The first-order valence-electron chi connectivity index (χ1n) is 9.44. The summed E-state index contributed by atoms with van der Waals surface area (Å²) in [5, 5.41) is 5.13. The highest BCUT2D eigenvalue weighted by molar-refractivity contribution is 6.04. The molecule has 0 saturated carbocycles. The molecule has 0 aliphatic carbocycles. The molecule has 0 N–H and O–H groups in total. The van der Waals surface area contributed by atoms with Crippen LogP contribution in [0.1, 0.15) is 10.5 Å². The van der Waals surface area contributed by atoms with Crippen LogP contribution in [0, 0.1) is 11.6 Å². The average Bonchev–Trinajstić information content (AvgIpc) is 2.77. The van der Waals surface area contributed by atoms with Crippen LogP contribution in [-0.2, 0) is 7.05 Å². The monoisotopic (exact) mass is 414 g/mol. The zero-order valence-corrected chi connectivity index (χ0v) is 16.6. The maximum Gasteiger partial charge on any atom is 0.275 e. The van der Waals surface area contributed by atoms with Crippen molar-refractivity contribution < 1.29 is 18.3 Å². The molecule has 30 heavy (non-hydrogen) atoms. The predicted octanol–water partition coefficient (Wildman–Crippen LogP) is 2.18. The van der Waals surface area contributed by atoms with E-state index < -0.39 is 11.6 Å². The highest BCUT2D eigenvalue weighted by Crippen LogP contribution is 2.31. The number of halogens is 2. The maximum absolute atomic E-state index is 13.7. The van der Waals surface area contributed by atoms with Crippen LogP contribution in [0.3, 0.4) is 0 Å². The number of fused-ring (bicyclic) bond motifs is 1. The van der Waals surface area contributed by atoms with Gasteiger partial charge < -0.3 is 14.5 Å². The lowest BCUT2D eigenvalue weighted by Crippen LogP contribution is -2.49. The molecule has 1 aliphatic heterocycles. The Morgan fingerprint density at radius 1 is 1.03 bits per heavy atom. The molecule has 0 spiro atoms. The Morgan fingerprint density at radius 2 is 1.67 bits per heavy atom. The Balaban J connectivity index is 1.58. The Bertz CT molecular complexity index is 1190. The molecule has 7 nitrogen and oxygen atoms in total. The van der Waals surface area contributed by atoms with E-state index >= 15 is 0 Å². The highest BCUT2D eigenvalue weighted by Gasteiger charge is 2.27. The second-order valence-corrected chi connectivity index (χ2v) is 7.04. The van der Waals surface area contributed by atoms with Crippen molar-refractivity contribution in [2.45, 2.75) is 0 Å². The molecule has 0 unspecified atom stereocenters. The maximum atomic E-state index is 13.7.